The molecule has 1 N–H and O–H groups in total. The van der Waals surface area contributed by atoms with Crippen LogP contribution in [0.15, 0.2) is 9.51 Å². The summed E-state index contributed by atoms with van der Waals surface area (Å²) in [6.45, 7) is 0. The summed E-state index contributed by atoms with van der Waals surface area (Å²) in [5.41, 5.74) is -2.34. The molecule has 0 radical (unpaired) electrons. The summed E-state index contributed by atoms with van der Waals surface area (Å²) in [5.74, 6) is -0.213. The zero-order chi connectivity index (χ0) is 12.0. The van der Waals surface area contributed by atoms with E-state index in [9.17, 15) is 18.3 Å². The van der Waals surface area contributed by atoms with Crippen LogP contribution in [-0.2, 0) is 11.8 Å². The average Bonchev–Trinajstić information content (AvgIpc) is 2.57. The zero-order valence-electron chi connectivity index (χ0n) is 8.47. The third kappa shape index (κ3) is 1.82. The van der Waals surface area contributed by atoms with Crippen LogP contribution in [0, 0.1) is 0 Å². The Morgan fingerprint density at radius 1 is 1.44 bits per heavy atom. The highest BCUT2D eigenvalue weighted by Gasteiger charge is 2.45. The van der Waals surface area contributed by atoms with Gasteiger partial charge < -0.3 is 9.52 Å². The Morgan fingerprint density at radius 2 is 2.06 bits per heavy atom. The largest absolute Gasteiger partial charge is 0.437 e. The third-order valence-corrected chi connectivity index (χ3v) is 3.28. The molecule has 1 aliphatic carbocycles. The van der Waals surface area contributed by atoms with E-state index >= 15 is 0 Å². The maximum Gasteiger partial charge on any atom is 0.437 e. The summed E-state index contributed by atoms with van der Waals surface area (Å²) >= 11 is 0.834. The average molecular weight is 253 g/mol. The number of halogens is 3. The van der Waals surface area contributed by atoms with Gasteiger partial charge in [-0.15, -0.1) is 0 Å². The maximum absolute atomic E-state index is 12.5. The van der Waals surface area contributed by atoms with Crippen LogP contribution < -0.4 is 0 Å². The van der Waals surface area contributed by atoms with E-state index in [1.54, 1.807) is 0 Å². The van der Waals surface area contributed by atoms with Gasteiger partial charge >= 0.3 is 6.18 Å². The zero-order valence-corrected chi connectivity index (χ0v) is 9.28. The normalized spacial score (nSPS) is 19.6. The molecule has 16 heavy (non-hydrogen) atoms. The Hall–Kier alpha value is -0.690. The van der Waals surface area contributed by atoms with Gasteiger partial charge in [-0.05, 0) is 25.5 Å². The van der Waals surface area contributed by atoms with Crippen LogP contribution in [0.5, 0.6) is 0 Å². The number of aliphatic hydroxyl groups is 1. The lowest BCUT2D eigenvalue weighted by atomic mass is 9.80. The topological polar surface area (TPSA) is 46.3 Å². The Balaban J connectivity index is 2.40. The smallest absolute Gasteiger partial charge is 0.431 e. The summed E-state index contributed by atoms with van der Waals surface area (Å²) in [6, 6.07) is 0. The minimum Gasteiger partial charge on any atom is -0.431 e. The summed E-state index contributed by atoms with van der Waals surface area (Å²) < 4.78 is 42.6. The first-order valence-corrected chi connectivity index (χ1v) is 5.94. The lowest BCUT2D eigenvalue weighted by Gasteiger charge is -2.32. The predicted molar refractivity (Wildman–Crippen MR) is 51.0 cm³/mol. The Kier molecular flexibility index (Phi) is 2.70. The summed E-state index contributed by atoms with van der Waals surface area (Å²) in [5, 5.41) is 9.56. The SMILES string of the molecule is CSc1oc(C2(O)CCC2)nc1C(F)(F)F. The molecular formula is C9H10F3NO2S. The van der Waals surface area contributed by atoms with Crippen molar-refractivity contribution in [3.05, 3.63) is 11.6 Å². The van der Waals surface area contributed by atoms with Crippen molar-refractivity contribution in [2.24, 2.45) is 0 Å². The molecule has 90 valence electrons. The first-order valence-electron chi connectivity index (χ1n) is 4.72. The molecule has 0 saturated heterocycles. The molecule has 1 fully saturated rings. The minimum atomic E-state index is -4.54. The van der Waals surface area contributed by atoms with Gasteiger partial charge in [-0.25, -0.2) is 4.98 Å². The van der Waals surface area contributed by atoms with Crippen LogP contribution in [0.1, 0.15) is 30.8 Å². The molecule has 1 heterocycles. The van der Waals surface area contributed by atoms with Crippen molar-refractivity contribution < 1.29 is 22.7 Å². The van der Waals surface area contributed by atoms with E-state index in [-0.39, 0.29) is 11.0 Å². The van der Waals surface area contributed by atoms with Gasteiger partial charge in [0.05, 0.1) is 0 Å². The molecule has 1 aromatic rings. The molecule has 0 aromatic carbocycles. The maximum atomic E-state index is 12.5. The molecule has 2 rings (SSSR count). The number of rotatable bonds is 2. The van der Waals surface area contributed by atoms with E-state index in [2.05, 4.69) is 4.98 Å². The van der Waals surface area contributed by atoms with E-state index < -0.39 is 17.5 Å². The van der Waals surface area contributed by atoms with Gasteiger partial charge in [0.15, 0.2) is 10.8 Å². The first-order chi connectivity index (χ1) is 7.37. The third-order valence-electron chi connectivity index (χ3n) is 2.63. The predicted octanol–water partition coefficient (Wildman–Crippen LogP) is 2.79. The molecule has 3 nitrogen and oxygen atoms in total. The van der Waals surface area contributed by atoms with Crippen LogP contribution in [0.2, 0.25) is 0 Å². The van der Waals surface area contributed by atoms with Crippen LogP contribution in [0.4, 0.5) is 13.2 Å². The fourth-order valence-electron chi connectivity index (χ4n) is 1.55. The number of aromatic nitrogens is 1. The molecule has 0 unspecified atom stereocenters. The van der Waals surface area contributed by atoms with E-state index in [4.69, 9.17) is 4.42 Å². The monoisotopic (exact) mass is 253 g/mol. The molecule has 1 aromatic heterocycles. The van der Waals surface area contributed by atoms with E-state index in [0.717, 1.165) is 18.2 Å². The number of thioether (sulfide) groups is 1. The molecule has 0 amide bonds. The fraction of sp³-hybridized carbons (Fsp3) is 0.667. The second-order valence-corrected chi connectivity index (χ2v) is 4.52. The molecule has 1 aliphatic rings. The van der Waals surface area contributed by atoms with Gasteiger partial charge in [-0.1, -0.05) is 11.8 Å². The van der Waals surface area contributed by atoms with Crippen molar-refractivity contribution in [2.75, 3.05) is 6.26 Å². The van der Waals surface area contributed by atoms with Crippen molar-refractivity contribution in [1.29, 1.82) is 0 Å². The van der Waals surface area contributed by atoms with Crippen molar-refractivity contribution >= 4 is 11.8 Å². The van der Waals surface area contributed by atoms with Crippen LogP contribution in [0.25, 0.3) is 0 Å². The molecular weight excluding hydrogens is 243 g/mol. The quantitative estimate of drug-likeness (QED) is 0.823. The van der Waals surface area contributed by atoms with Gasteiger partial charge in [-0.2, -0.15) is 13.2 Å². The summed E-state index contributed by atoms with van der Waals surface area (Å²) in [4.78, 5) is 3.38. The van der Waals surface area contributed by atoms with Crippen molar-refractivity contribution in [3.63, 3.8) is 0 Å². The van der Waals surface area contributed by atoms with Crippen molar-refractivity contribution in [1.82, 2.24) is 4.98 Å². The van der Waals surface area contributed by atoms with Gasteiger partial charge in [0, 0.05) is 0 Å². The fourth-order valence-corrected chi connectivity index (χ4v) is 2.07. The lowest BCUT2D eigenvalue weighted by molar-refractivity contribution is -0.144. The molecule has 1 saturated carbocycles. The Labute approximate surface area is 94.0 Å². The minimum absolute atomic E-state index is 0.213. The molecule has 0 aliphatic heterocycles. The second-order valence-electron chi connectivity index (χ2n) is 3.74. The van der Waals surface area contributed by atoms with Crippen molar-refractivity contribution in [3.8, 4) is 0 Å². The highest BCUT2D eigenvalue weighted by molar-refractivity contribution is 7.98. The van der Waals surface area contributed by atoms with E-state index in [1.807, 2.05) is 0 Å². The number of nitrogens with zero attached hydrogens (tertiary/aromatic N) is 1. The highest BCUT2D eigenvalue weighted by Crippen LogP contribution is 2.44. The number of alkyl halides is 3. The van der Waals surface area contributed by atoms with Crippen LogP contribution in [0.3, 0.4) is 0 Å². The van der Waals surface area contributed by atoms with Gasteiger partial charge in [0.1, 0.15) is 5.60 Å². The number of hydrogen-bond donors (Lipinski definition) is 1. The number of oxazole rings is 1. The summed E-state index contributed by atoms with van der Waals surface area (Å²) in [6.07, 6.45) is -1.49. The molecule has 0 bridgehead atoms. The van der Waals surface area contributed by atoms with E-state index in [0.29, 0.717) is 12.8 Å². The molecule has 0 spiro atoms. The van der Waals surface area contributed by atoms with Gasteiger partial charge in [0.25, 0.3) is 0 Å². The summed E-state index contributed by atoms with van der Waals surface area (Å²) in [7, 11) is 0. The second kappa shape index (κ2) is 3.66. The Morgan fingerprint density at radius 3 is 2.38 bits per heavy atom. The lowest BCUT2D eigenvalue weighted by Crippen LogP contribution is -2.34. The van der Waals surface area contributed by atoms with Crippen LogP contribution >= 0.6 is 11.8 Å². The highest BCUT2D eigenvalue weighted by atomic mass is 32.2. The van der Waals surface area contributed by atoms with Crippen molar-refractivity contribution in [2.45, 2.75) is 36.1 Å². The van der Waals surface area contributed by atoms with Gasteiger partial charge in [0.2, 0.25) is 5.89 Å². The van der Waals surface area contributed by atoms with E-state index in [1.165, 1.54) is 6.26 Å². The molecule has 7 heteroatoms. The van der Waals surface area contributed by atoms with Crippen LogP contribution in [-0.4, -0.2) is 16.3 Å². The standard InChI is InChI=1S/C9H10F3NO2S/c1-16-6-5(9(10,11)12)13-7(15-6)8(14)3-2-4-8/h14H,2-4H2,1H3. The first kappa shape index (κ1) is 11.8. The number of hydrogen-bond acceptors (Lipinski definition) is 4. The Bertz CT molecular complexity index is 398. The van der Waals surface area contributed by atoms with Gasteiger partial charge in [-0.3, -0.25) is 0 Å². The molecule has 0 atom stereocenters.